The second-order valence-electron chi connectivity index (χ2n) is 4.90. The molecule has 0 saturated heterocycles. The minimum Gasteiger partial charge on any atom is -0.211 e. The number of allylic oxidation sites excluding steroid dienone is 1. The summed E-state index contributed by atoms with van der Waals surface area (Å²) in [6, 6.07) is 0. The Kier molecular flexibility index (Phi) is 16.2. The summed E-state index contributed by atoms with van der Waals surface area (Å²) < 4.78 is 0. The highest BCUT2D eigenvalue weighted by molar-refractivity contribution is 5.34. The molecule has 0 radical (unpaired) electrons. The van der Waals surface area contributed by atoms with Crippen LogP contribution < -0.4 is 0 Å². The Morgan fingerprint density at radius 3 is 1.80 bits per heavy atom. The molecule has 0 amide bonds. The monoisotopic (exact) mass is 278 g/mol. The molecule has 0 N–H and O–H groups in total. The predicted octanol–water partition coefficient (Wildman–Crippen LogP) is 4.46. The fourth-order valence-corrected chi connectivity index (χ4v) is 2.07. The number of unbranched alkanes of at least 4 members (excludes halogenated alkanes) is 10. The first-order valence-electron chi connectivity index (χ1n) is 7.67. The van der Waals surface area contributed by atoms with Crippen LogP contribution in [-0.4, -0.2) is 18.7 Å². The predicted molar refractivity (Wildman–Crippen MR) is 81.0 cm³/mol. The van der Waals surface area contributed by atoms with Crippen molar-refractivity contribution in [3.05, 3.63) is 12.3 Å². The minimum atomic E-state index is 0.635. The molecule has 0 aliphatic heterocycles. The lowest BCUT2D eigenvalue weighted by Gasteiger charge is -2.01. The molecular formula is C16H26N2O2. The maximum absolute atomic E-state index is 9.84. The van der Waals surface area contributed by atoms with Crippen LogP contribution in [0.3, 0.4) is 0 Å². The second-order valence-corrected chi connectivity index (χ2v) is 4.90. The van der Waals surface area contributed by atoms with Gasteiger partial charge in [0, 0.05) is 6.20 Å². The normalized spacial score (nSPS) is 10.2. The van der Waals surface area contributed by atoms with E-state index in [-0.39, 0.29) is 0 Å². The van der Waals surface area contributed by atoms with Crippen molar-refractivity contribution in [1.29, 1.82) is 0 Å². The Labute approximate surface area is 122 Å². The summed E-state index contributed by atoms with van der Waals surface area (Å²) in [7, 11) is 0. The molecule has 0 bridgehead atoms. The van der Waals surface area contributed by atoms with E-state index in [1.807, 2.05) is 6.08 Å². The van der Waals surface area contributed by atoms with Gasteiger partial charge in [-0.25, -0.2) is 14.6 Å². The highest BCUT2D eigenvalue weighted by Crippen LogP contribution is 2.11. The molecule has 0 rings (SSSR count). The molecule has 0 heterocycles. The molecule has 0 unspecified atom stereocenters. The van der Waals surface area contributed by atoms with Crippen molar-refractivity contribution in [1.82, 2.24) is 0 Å². The Hall–Kier alpha value is -1.50. The van der Waals surface area contributed by atoms with E-state index < -0.39 is 0 Å². The molecule has 0 aliphatic carbocycles. The summed E-state index contributed by atoms with van der Waals surface area (Å²) in [5, 5.41) is 0. The summed E-state index contributed by atoms with van der Waals surface area (Å²) in [5.41, 5.74) is 0. The van der Waals surface area contributed by atoms with Gasteiger partial charge in [-0.2, -0.15) is 4.99 Å². The van der Waals surface area contributed by atoms with Crippen molar-refractivity contribution < 1.29 is 9.59 Å². The zero-order chi connectivity index (χ0) is 14.7. The first-order valence-corrected chi connectivity index (χ1v) is 7.67. The lowest BCUT2D eigenvalue weighted by molar-refractivity contribution is 0.550. The zero-order valence-electron chi connectivity index (χ0n) is 12.4. The van der Waals surface area contributed by atoms with Crippen molar-refractivity contribution in [2.45, 2.75) is 70.6 Å². The number of hydrogen-bond acceptors (Lipinski definition) is 4. The van der Waals surface area contributed by atoms with Crippen molar-refractivity contribution in [3.8, 4) is 0 Å². The first kappa shape index (κ1) is 18.5. The average Bonchev–Trinajstić information content (AvgIpc) is 2.47. The number of isocyanates is 2. The molecule has 4 heteroatoms. The number of aliphatic imine (C=N–C) groups is 2. The van der Waals surface area contributed by atoms with Crippen molar-refractivity contribution in [2.75, 3.05) is 6.54 Å². The van der Waals surface area contributed by atoms with Crippen molar-refractivity contribution >= 4 is 12.2 Å². The Balaban J connectivity index is 3.06. The SMILES string of the molecule is O=C=NC=CCCCCCCCCCCCCN=C=O. The highest BCUT2D eigenvalue weighted by Gasteiger charge is 1.92. The molecule has 0 saturated carbocycles. The minimum absolute atomic E-state index is 0.635. The molecule has 0 atom stereocenters. The number of nitrogens with zero attached hydrogens (tertiary/aromatic N) is 2. The molecular weight excluding hydrogens is 252 g/mol. The molecule has 0 aromatic rings. The summed E-state index contributed by atoms with van der Waals surface area (Å²) in [6.07, 6.45) is 19.8. The highest BCUT2D eigenvalue weighted by atomic mass is 16.1. The van der Waals surface area contributed by atoms with E-state index in [4.69, 9.17) is 0 Å². The van der Waals surface area contributed by atoms with Gasteiger partial charge >= 0.3 is 0 Å². The van der Waals surface area contributed by atoms with Crippen LogP contribution in [0.4, 0.5) is 0 Å². The van der Waals surface area contributed by atoms with E-state index in [0.717, 1.165) is 12.8 Å². The summed E-state index contributed by atoms with van der Waals surface area (Å²) in [4.78, 5) is 26.5. The van der Waals surface area contributed by atoms with E-state index in [0.29, 0.717) is 6.54 Å². The van der Waals surface area contributed by atoms with Crippen LogP contribution in [0.2, 0.25) is 0 Å². The van der Waals surface area contributed by atoms with E-state index in [9.17, 15) is 9.59 Å². The third kappa shape index (κ3) is 16.5. The summed E-state index contributed by atoms with van der Waals surface area (Å²) in [6.45, 7) is 0.635. The van der Waals surface area contributed by atoms with Crippen LogP contribution >= 0.6 is 0 Å². The van der Waals surface area contributed by atoms with Gasteiger partial charge in [0.2, 0.25) is 12.2 Å². The fourth-order valence-electron chi connectivity index (χ4n) is 2.07. The number of hydrogen-bond donors (Lipinski definition) is 0. The standard InChI is InChI=1S/C16H26N2O2/c19-15-17-13-11-9-7-5-3-1-2-4-6-8-10-12-14-18-16-20/h11,13H,1-10,12,14H2. The molecule has 0 aliphatic rings. The first-order chi connectivity index (χ1) is 9.91. The van der Waals surface area contributed by atoms with E-state index >= 15 is 0 Å². The van der Waals surface area contributed by atoms with Gasteiger partial charge in [-0.3, -0.25) is 0 Å². The van der Waals surface area contributed by atoms with Gasteiger partial charge in [-0.05, 0) is 19.3 Å². The summed E-state index contributed by atoms with van der Waals surface area (Å²) in [5.74, 6) is 0. The van der Waals surface area contributed by atoms with Gasteiger partial charge in [-0.1, -0.05) is 57.4 Å². The third-order valence-electron chi connectivity index (χ3n) is 3.19. The summed E-state index contributed by atoms with van der Waals surface area (Å²) >= 11 is 0. The maximum atomic E-state index is 9.84. The zero-order valence-corrected chi connectivity index (χ0v) is 12.4. The van der Waals surface area contributed by atoms with Gasteiger partial charge in [-0.15, -0.1) is 0 Å². The quantitative estimate of drug-likeness (QED) is 0.267. The fraction of sp³-hybridized carbons (Fsp3) is 0.750. The Bertz CT molecular complexity index is 327. The topological polar surface area (TPSA) is 58.9 Å². The van der Waals surface area contributed by atoms with E-state index in [2.05, 4.69) is 9.98 Å². The van der Waals surface area contributed by atoms with Crippen molar-refractivity contribution in [2.24, 2.45) is 9.98 Å². The van der Waals surface area contributed by atoms with E-state index in [1.54, 1.807) is 6.08 Å². The van der Waals surface area contributed by atoms with Gasteiger partial charge in [0.1, 0.15) is 0 Å². The van der Waals surface area contributed by atoms with Crippen LogP contribution in [0.5, 0.6) is 0 Å². The second kappa shape index (κ2) is 17.5. The molecule has 20 heavy (non-hydrogen) atoms. The Morgan fingerprint density at radius 2 is 1.25 bits per heavy atom. The lowest BCUT2D eigenvalue weighted by atomic mass is 10.1. The van der Waals surface area contributed by atoms with Crippen LogP contribution in [0.25, 0.3) is 0 Å². The molecule has 0 spiro atoms. The molecule has 0 aromatic carbocycles. The largest absolute Gasteiger partial charge is 0.239 e. The number of carbonyl (C=O) groups excluding carboxylic acids is 2. The van der Waals surface area contributed by atoms with E-state index in [1.165, 1.54) is 70.1 Å². The Morgan fingerprint density at radius 1 is 0.700 bits per heavy atom. The van der Waals surface area contributed by atoms with Gasteiger partial charge in [0.15, 0.2) is 0 Å². The van der Waals surface area contributed by atoms with Crippen LogP contribution in [0, 0.1) is 0 Å². The maximum Gasteiger partial charge on any atom is 0.239 e. The van der Waals surface area contributed by atoms with Crippen LogP contribution in [0.15, 0.2) is 22.3 Å². The van der Waals surface area contributed by atoms with Crippen molar-refractivity contribution in [3.63, 3.8) is 0 Å². The lowest BCUT2D eigenvalue weighted by Crippen LogP contribution is -1.84. The third-order valence-corrected chi connectivity index (χ3v) is 3.19. The van der Waals surface area contributed by atoms with Crippen LogP contribution in [0.1, 0.15) is 70.6 Å². The van der Waals surface area contributed by atoms with Gasteiger partial charge in [0.25, 0.3) is 0 Å². The molecule has 0 aromatic heterocycles. The average molecular weight is 278 g/mol. The molecule has 0 fully saturated rings. The smallest absolute Gasteiger partial charge is 0.211 e. The van der Waals surface area contributed by atoms with Crippen LogP contribution in [-0.2, 0) is 9.59 Å². The number of rotatable bonds is 14. The van der Waals surface area contributed by atoms with Gasteiger partial charge in [0.05, 0.1) is 6.54 Å². The molecule has 4 nitrogen and oxygen atoms in total. The molecule has 112 valence electrons. The van der Waals surface area contributed by atoms with Gasteiger partial charge < -0.3 is 0 Å².